The van der Waals surface area contributed by atoms with Gasteiger partial charge in [0.1, 0.15) is 0 Å². The first kappa shape index (κ1) is 17.4. The lowest BCUT2D eigenvalue weighted by Gasteiger charge is -2.27. The Morgan fingerprint density at radius 3 is 2.59 bits per heavy atom. The molecule has 3 nitrogen and oxygen atoms in total. The molecule has 0 bridgehead atoms. The summed E-state index contributed by atoms with van der Waals surface area (Å²) in [5, 5.41) is 12.3. The van der Waals surface area contributed by atoms with E-state index in [1.165, 1.54) is 16.0 Å². The molecule has 0 radical (unpaired) electrons. The van der Waals surface area contributed by atoms with Crippen LogP contribution >= 0.6 is 11.8 Å². The van der Waals surface area contributed by atoms with Gasteiger partial charge in [0.15, 0.2) is 0 Å². The third-order valence-corrected chi connectivity index (χ3v) is 5.54. The van der Waals surface area contributed by atoms with Crippen LogP contribution < -0.4 is 5.32 Å². The average molecular weight is 321 g/mol. The molecule has 1 aliphatic carbocycles. The molecule has 122 valence electrons. The maximum atomic E-state index is 12.0. The van der Waals surface area contributed by atoms with Crippen LogP contribution in [0.15, 0.2) is 23.1 Å². The van der Waals surface area contributed by atoms with Gasteiger partial charge < -0.3 is 10.4 Å². The molecule has 0 saturated heterocycles. The van der Waals surface area contributed by atoms with E-state index in [-0.39, 0.29) is 12.5 Å². The lowest BCUT2D eigenvalue weighted by atomic mass is 9.86. The van der Waals surface area contributed by atoms with Crippen LogP contribution in [0, 0.1) is 19.8 Å². The highest BCUT2D eigenvalue weighted by atomic mass is 32.2. The van der Waals surface area contributed by atoms with Crippen LogP contribution in [-0.2, 0) is 4.79 Å². The quantitative estimate of drug-likeness (QED) is 0.789. The Balaban J connectivity index is 1.66. The number of hydrogen-bond donors (Lipinski definition) is 2. The molecule has 0 aliphatic heterocycles. The molecule has 0 heterocycles. The smallest absolute Gasteiger partial charge is 0.221 e. The van der Waals surface area contributed by atoms with E-state index in [0.29, 0.717) is 18.4 Å². The van der Waals surface area contributed by atoms with Crippen molar-refractivity contribution in [2.75, 3.05) is 12.4 Å². The molecule has 1 aromatic carbocycles. The van der Waals surface area contributed by atoms with Gasteiger partial charge in [-0.2, -0.15) is 0 Å². The lowest BCUT2D eigenvalue weighted by molar-refractivity contribution is -0.121. The summed E-state index contributed by atoms with van der Waals surface area (Å²) in [5.74, 6) is 1.41. The van der Waals surface area contributed by atoms with E-state index in [0.717, 1.165) is 31.4 Å². The summed E-state index contributed by atoms with van der Waals surface area (Å²) in [6.45, 7) is 4.52. The Kier molecular flexibility index (Phi) is 6.77. The van der Waals surface area contributed by atoms with E-state index in [4.69, 9.17) is 5.11 Å². The number of aliphatic hydroxyl groups is 1. The largest absolute Gasteiger partial charge is 0.396 e. The van der Waals surface area contributed by atoms with Crippen LogP contribution in [0.3, 0.4) is 0 Å². The van der Waals surface area contributed by atoms with Crippen molar-refractivity contribution in [3.05, 3.63) is 29.3 Å². The van der Waals surface area contributed by atoms with Crippen LogP contribution in [0.25, 0.3) is 0 Å². The summed E-state index contributed by atoms with van der Waals surface area (Å²) in [4.78, 5) is 13.2. The average Bonchev–Trinajstić information content (AvgIpc) is 2.51. The number of rotatable bonds is 6. The number of aliphatic hydroxyl groups excluding tert-OH is 1. The first-order valence-electron chi connectivity index (χ1n) is 8.18. The second-order valence-corrected chi connectivity index (χ2v) is 7.48. The van der Waals surface area contributed by atoms with E-state index in [9.17, 15) is 4.79 Å². The van der Waals surface area contributed by atoms with E-state index < -0.39 is 0 Å². The molecular formula is C18H27NO2S. The first-order valence-corrected chi connectivity index (χ1v) is 9.17. The summed E-state index contributed by atoms with van der Waals surface area (Å²) in [6, 6.07) is 6.76. The number of amides is 1. The molecule has 1 aliphatic rings. The fourth-order valence-electron chi connectivity index (χ4n) is 2.85. The van der Waals surface area contributed by atoms with Gasteiger partial charge in [-0.3, -0.25) is 4.79 Å². The van der Waals surface area contributed by atoms with Crippen molar-refractivity contribution in [2.24, 2.45) is 5.92 Å². The Morgan fingerprint density at radius 1 is 1.23 bits per heavy atom. The maximum Gasteiger partial charge on any atom is 0.221 e. The molecule has 2 rings (SSSR count). The number of hydrogen-bond acceptors (Lipinski definition) is 3. The Hall–Kier alpha value is -1.00. The van der Waals surface area contributed by atoms with Gasteiger partial charge in [0.2, 0.25) is 5.91 Å². The minimum Gasteiger partial charge on any atom is -0.396 e. The summed E-state index contributed by atoms with van der Waals surface area (Å²) in [5.41, 5.74) is 2.61. The standard InChI is InChI=1S/C18H27NO2S/c1-13-3-8-17(11-14(13)2)22-10-9-18(21)19-16-6-4-15(12-20)5-7-16/h3,8,11,15-16,20H,4-7,9-10,12H2,1-2H3,(H,19,21). The van der Waals surface area contributed by atoms with E-state index >= 15 is 0 Å². The number of benzene rings is 1. The molecule has 1 saturated carbocycles. The predicted molar refractivity (Wildman–Crippen MR) is 92.2 cm³/mol. The highest BCUT2D eigenvalue weighted by Crippen LogP contribution is 2.24. The van der Waals surface area contributed by atoms with Crippen molar-refractivity contribution in [2.45, 2.75) is 56.9 Å². The van der Waals surface area contributed by atoms with Crippen molar-refractivity contribution in [3.63, 3.8) is 0 Å². The van der Waals surface area contributed by atoms with Crippen LogP contribution in [0.5, 0.6) is 0 Å². The van der Waals surface area contributed by atoms with Gasteiger partial charge in [-0.25, -0.2) is 0 Å². The summed E-state index contributed by atoms with van der Waals surface area (Å²) in [6.07, 6.45) is 4.62. The number of nitrogens with one attached hydrogen (secondary N) is 1. The van der Waals surface area contributed by atoms with Crippen molar-refractivity contribution in [1.29, 1.82) is 0 Å². The van der Waals surface area contributed by atoms with E-state index in [2.05, 4.69) is 37.4 Å². The Morgan fingerprint density at radius 2 is 1.95 bits per heavy atom. The molecule has 2 N–H and O–H groups in total. The summed E-state index contributed by atoms with van der Waals surface area (Å²) >= 11 is 1.74. The topological polar surface area (TPSA) is 49.3 Å². The summed E-state index contributed by atoms with van der Waals surface area (Å²) < 4.78 is 0. The first-order chi connectivity index (χ1) is 10.6. The van der Waals surface area contributed by atoms with Gasteiger partial charge in [-0.15, -0.1) is 11.8 Å². The molecule has 1 fully saturated rings. The zero-order valence-corrected chi connectivity index (χ0v) is 14.4. The molecule has 22 heavy (non-hydrogen) atoms. The Labute approximate surface area is 137 Å². The van der Waals surface area contributed by atoms with Gasteiger partial charge in [-0.05, 0) is 68.7 Å². The van der Waals surface area contributed by atoms with Crippen LogP contribution in [-0.4, -0.2) is 29.4 Å². The highest BCUT2D eigenvalue weighted by molar-refractivity contribution is 7.99. The normalized spacial score (nSPS) is 21.6. The van der Waals surface area contributed by atoms with Crippen molar-refractivity contribution in [3.8, 4) is 0 Å². The second-order valence-electron chi connectivity index (χ2n) is 6.31. The second kappa shape index (κ2) is 8.59. The minimum atomic E-state index is 0.156. The summed E-state index contributed by atoms with van der Waals surface area (Å²) in [7, 11) is 0. The minimum absolute atomic E-state index is 0.156. The third-order valence-electron chi connectivity index (χ3n) is 4.55. The SMILES string of the molecule is Cc1ccc(SCCC(=O)NC2CCC(CO)CC2)cc1C. The third kappa shape index (κ3) is 5.33. The monoisotopic (exact) mass is 321 g/mol. The molecule has 1 aromatic rings. The van der Waals surface area contributed by atoms with Crippen LogP contribution in [0.1, 0.15) is 43.2 Å². The molecule has 0 atom stereocenters. The van der Waals surface area contributed by atoms with Gasteiger partial charge >= 0.3 is 0 Å². The lowest BCUT2D eigenvalue weighted by Crippen LogP contribution is -2.38. The number of aryl methyl sites for hydroxylation is 2. The van der Waals surface area contributed by atoms with Crippen LogP contribution in [0.2, 0.25) is 0 Å². The predicted octanol–water partition coefficient (Wildman–Crippen LogP) is 3.45. The van der Waals surface area contributed by atoms with Crippen LogP contribution in [0.4, 0.5) is 0 Å². The molecule has 0 aromatic heterocycles. The number of carbonyl (C=O) groups excluding carboxylic acids is 1. The molecular weight excluding hydrogens is 294 g/mol. The number of carbonyl (C=O) groups is 1. The zero-order valence-electron chi connectivity index (χ0n) is 13.6. The van der Waals surface area contributed by atoms with Crippen molar-refractivity contribution >= 4 is 17.7 Å². The van der Waals surface area contributed by atoms with Gasteiger partial charge in [-0.1, -0.05) is 6.07 Å². The number of thioether (sulfide) groups is 1. The van der Waals surface area contributed by atoms with Gasteiger partial charge in [0, 0.05) is 29.7 Å². The molecule has 4 heteroatoms. The Bertz CT molecular complexity index is 496. The highest BCUT2D eigenvalue weighted by Gasteiger charge is 2.21. The van der Waals surface area contributed by atoms with Gasteiger partial charge in [0.05, 0.1) is 0 Å². The van der Waals surface area contributed by atoms with Crippen molar-refractivity contribution in [1.82, 2.24) is 5.32 Å². The fraction of sp³-hybridized carbons (Fsp3) is 0.611. The van der Waals surface area contributed by atoms with Crippen molar-refractivity contribution < 1.29 is 9.90 Å². The van der Waals surface area contributed by atoms with Gasteiger partial charge in [0.25, 0.3) is 0 Å². The zero-order chi connectivity index (χ0) is 15.9. The molecule has 0 spiro atoms. The molecule has 1 amide bonds. The van der Waals surface area contributed by atoms with E-state index in [1.54, 1.807) is 11.8 Å². The molecule has 0 unspecified atom stereocenters. The van der Waals surface area contributed by atoms with E-state index in [1.807, 2.05) is 0 Å². The maximum absolute atomic E-state index is 12.0. The fourth-order valence-corrected chi connectivity index (χ4v) is 3.80.